The van der Waals surface area contributed by atoms with Crippen molar-refractivity contribution >= 4 is 30.0 Å². The summed E-state index contributed by atoms with van der Waals surface area (Å²) in [5, 5.41) is 18.6. The van der Waals surface area contributed by atoms with E-state index in [1.54, 1.807) is 0 Å². The van der Waals surface area contributed by atoms with Gasteiger partial charge in [-0.2, -0.15) is 0 Å². The minimum absolute atomic E-state index is 0.0307. The number of urea groups is 2. The largest absolute Gasteiger partial charge is 0.468 e. The Hall–Kier alpha value is -6.47. The van der Waals surface area contributed by atoms with Crippen LogP contribution in [0.5, 0.6) is 0 Å². The van der Waals surface area contributed by atoms with Crippen LogP contribution in [0.4, 0.5) is 9.59 Å². The minimum Gasteiger partial charge on any atom is -0.468 e. The summed E-state index contributed by atoms with van der Waals surface area (Å²) in [5.74, 6) is -3.56. The first kappa shape index (κ1) is 58.1. The van der Waals surface area contributed by atoms with Crippen LogP contribution in [-0.2, 0) is 86.8 Å². The summed E-state index contributed by atoms with van der Waals surface area (Å²) < 4.78 is 40.2. The molecule has 2 atom stereocenters. The predicted octanol–water partition coefficient (Wildman–Crippen LogP) is -3.58. The Morgan fingerprint density at radius 2 is 0.750 bits per heavy atom. The van der Waals surface area contributed by atoms with Crippen LogP contribution in [0.15, 0.2) is 28.8 Å². The van der Waals surface area contributed by atoms with Gasteiger partial charge in [-0.15, -0.1) is 0 Å². The Labute approximate surface area is 410 Å². The number of amides is 4. The number of rotatable bonds is 34. The van der Waals surface area contributed by atoms with E-state index in [0.717, 1.165) is 45.6 Å². The fourth-order valence-electron chi connectivity index (χ4n) is 7.33. The number of aliphatic hydroxyl groups excluding tert-OH is 2. The van der Waals surface area contributed by atoms with Gasteiger partial charge in [-0.05, 0) is 19.3 Å². The van der Waals surface area contributed by atoms with Crippen LogP contribution in [0.1, 0.15) is 65.7 Å². The van der Waals surface area contributed by atoms with Gasteiger partial charge in [0.15, 0.2) is 12.3 Å². The second-order valence-corrected chi connectivity index (χ2v) is 16.2. The molecule has 0 aliphatic carbocycles. The highest BCUT2D eigenvalue weighted by molar-refractivity contribution is 5.85. The zero-order valence-corrected chi connectivity index (χ0v) is 41.0. The molecule has 404 valence electrons. The first-order valence-electron chi connectivity index (χ1n) is 23.6. The number of hydrogen-bond donors (Lipinski definition) is 2. The number of aliphatic hydroxyl groups is 2. The summed E-state index contributed by atoms with van der Waals surface area (Å²) in [6, 6.07) is -1.01. The second kappa shape index (κ2) is 29.1. The van der Waals surface area contributed by atoms with E-state index < -0.39 is 142 Å². The molecule has 30 heteroatoms. The Morgan fingerprint density at radius 3 is 1.11 bits per heavy atom. The number of aromatic nitrogens is 6. The number of nitrogens with zero attached hydrogens (tertiary/aromatic N) is 10. The van der Waals surface area contributed by atoms with Crippen molar-refractivity contribution in [1.82, 2.24) is 47.0 Å². The van der Waals surface area contributed by atoms with Crippen molar-refractivity contribution in [3.8, 4) is 0 Å². The highest BCUT2D eigenvalue weighted by atomic mass is 16.5. The SMILES string of the molecule is CCCCOCN1C(=O)N(COCCCC)C2C1N(COCCCC)C(=O)N2COCCn1c(=O)n(CCO)c(=O)n(CCOC(=O)Cn2c(=O)n(CC(=O)OC)c(=O)n(CC(=O)OCCCO)c2=O)c1=O. The van der Waals surface area contributed by atoms with Crippen molar-refractivity contribution < 1.29 is 67.3 Å². The van der Waals surface area contributed by atoms with Crippen LogP contribution >= 0.6 is 0 Å². The van der Waals surface area contributed by atoms with Crippen molar-refractivity contribution in [1.29, 1.82) is 0 Å². The van der Waals surface area contributed by atoms with Gasteiger partial charge in [-0.25, -0.2) is 65.8 Å². The number of fused-ring (bicyclic) bond motifs is 1. The fraction of sp³-hybridized carbons (Fsp3) is 0.738. The summed E-state index contributed by atoms with van der Waals surface area (Å²) >= 11 is 0. The van der Waals surface area contributed by atoms with E-state index in [1.165, 1.54) is 19.6 Å². The van der Waals surface area contributed by atoms with Crippen molar-refractivity contribution in [2.24, 2.45) is 0 Å². The number of esters is 3. The molecule has 72 heavy (non-hydrogen) atoms. The Kier molecular flexibility index (Phi) is 23.5. The molecule has 2 fully saturated rings. The summed E-state index contributed by atoms with van der Waals surface area (Å²) in [7, 11) is 0.952. The topological polar surface area (TPSA) is 335 Å². The maximum atomic E-state index is 14.1. The number of carbonyl (C=O) groups excluding carboxylic acids is 5. The average molecular weight is 1030 g/mol. The Morgan fingerprint density at radius 1 is 0.417 bits per heavy atom. The molecule has 2 aromatic heterocycles. The Balaban J connectivity index is 1.54. The van der Waals surface area contributed by atoms with Crippen LogP contribution in [0.2, 0.25) is 0 Å². The average Bonchev–Trinajstić information content (AvgIpc) is 3.78. The second-order valence-electron chi connectivity index (χ2n) is 16.2. The van der Waals surface area contributed by atoms with Crippen molar-refractivity contribution in [3.05, 3.63) is 62.9 Å². The third-order valence-corrected chi connectivity index (χ3v) is 11.2. The normalized spacial score (nSPS) is 15.5. The molecule has 0 saturated carbocycles. The molecular formula is C42H66N10O20. The molecular weight excluding hydrogens is 965 g/mol. The summed E-state index contributed by atoms with van der Waals surface area (Å²) in [4.78, 5) is 151. The molecule has 30 nitrogen and oxygen atoms in total. The Bertz CT molecular complexity index is 2520. The maximum absolute atomic E-state index is 14.1. The lowest BCUT2D eigenvalue weighted by Gasteiger charge is -2.29. The molecule has 2 aliphatic heterocycles. The van der Waals surface area contributed by atoms with Gasteiger partial charge < -0.3 is 43.4 Å². The highest BCUT2D eigenvalue weighted by Gasteiger charge is 2.59. The van der Waals surface area contributed by atoms with Crippen LogP contribution in [0.25, 0.3) is 0 Å². The summed E-state index contributed by atoms with van der Waals surface area (Å²) in [6.45, 7) is -1.45. The molecule has 0 spiro atoms. The highest BCUT2D eigenvalue weighted by Crippen LogP contribution is 2.35. The van der Waals surface area contributed by atoms with Gasteiger partial charge >= 0.3 is 64.1 Å². The number of methoxy groups -OCH3 is 1. The number of carbonyl (C=O) groups is 5. The van der Waals surface area contributed by atoms with Crippen LogP contribution in [0.3, 0.4) is 0 Å². The summed E-state index contributed by atoms with van der Waals surface area (Å²) in [6.07, 6.45) is 2.94. The molecule has 0 bridgehead atoms. The number of unbranched alkanes of at least 4 members (excludes halogenated alkanes) is 3. The smallest absolute Gasteiger partial charge is 0.337 e. The van der Waals surface area contributed by atoms with Gasteiger partial charge in [-0.1, -0.05) is 40.0 Å². The van der Waals surface area contributed by atoms with Gasteiger partial charge in [-0.3, -0.25) is 34.0 Å². The zero-order valence-electron chi connectivity index (χ0n) is 41.0. The van der Waals surface area contributed by atoms with Crippen LogP contribution < -0.4 is 34.1 Å². The van der Waals surface area contributed by atoms with Gasteiger partial charge in [0.2, 0.25) is 0 Å². The third kappa shape index (κ3) is 14.6. The van der Waals surface area contributed by atoms with Crippen LogP contribution in [-0.4, -0.2) is 186 Å². The molecule has 4 heterocycles. The molecule has 2 aliphatic rings. The molecule has 0 radical (unpaired) electrons. The predicted molar refractivity (Wildman–Crippen MR) is 245 cm³/mol. The number of hydrogen-bond acceptors (Lipinski definition) is 20. The van der Waals surface area contributed by atoms with E-state index in [4.69, 9.17) is 33.5 Å². The van der Waals surface area contributed by atoms with Crippen molar-refractivity contribution in [2.45, 2.75) is 117 Å². The van der Waals surface area contributed by atoms with Crippen molar-refractivity contribution in [2.75, 3.05) is 86.9 Å². The molecule has 2 saturated heterocycles. The van der Waals surface area contributed by atoms with Gasteiger partial charge in [0.1, 0.15) is 53.2 Å². The number of ether oxygens (including phenoxy) is 7. The lowest BCUT2D eigenvalue weighted by atomic mass is 10.3. The maximum Gasteiger partial charge on any atom is 0.337 e. The zero-order chi connectivity index (χ0) is 52.9. The fourth-order valence-corrected chi connectivity index (χ4v) is 7.33. The lowest BCUT2D eigenvalue weighted by molar-refractivity contribution is -0.145. The van der Waals surface area contributed by atoms with E-state index in [2.05, 4.69) is 4.74 Å². The first-order valence-corrected chi connectivity index (χ1v) is 23.6. The molecule has 2 aromatic rings. The third-order valence-electron chi connectivity index (χ3n) is 11.2. The van der Waals surface area contributed by atoms with E-state index in [-0.39, 0.29) is 53.5 Å². The lowest BCUT2D eigenvalue weighted by Crippen LogP contribution is -2.56. The van der Waals surface area contributed by atoms with Gasteiger partial charge in [0, 0.05) is 32.8 Å². The first-order chi connectivity index (χ1) is 34.6. The van der Waals surface area contributed by atoms with Crippen molar-refractivity contribution in [3.63, 3.8) is 0 Å². The monoisotopic (exact) mass is 1030 g/mol. The molecule has 4 amide bonds. The molecule has 2 N–H and O–H groups in total. The molecule has 0 aromatic carbocycles. The molecule has 4 rings (SSSR count). The van der Waals surface area contributed by atoms with E-state index in [9.17, 15) is 57.8 Å². The van der Waals surface area contributed by atoms with E-state index in [0.29, 0.717) is 33.5 Å². The van der Waals surface area contributed by atoms with Gasteiger partial charge in [0.25, 0.3) is 0 Å². The quantitative estimate of drug-likeness (QED) is 0.0389. The van der Waals surface area contributed by atoms with E-state index in [1.807, 2.05) is 20.8 Å². The standard InChI is InChI=1S/C42H66N10O20/c1-5-8-17-67-26-49-33-34(51(41(49)64)28-69-19-10-7-3)52(42(65)50(33)27-68-18-9-6-2)29-70-21-13-44-35(58)43(12-16-54)36(59)45(37(44)60)14-22-72-32(57)25-48-39(62)46(23-30(55)66-4)38(61)47(40(48)63)24-31(56)71-20-11-15-53/h33-34,53-54H,5-29H2,1-4H3. The summed E-state index contributed by atoms with van der Waals surface area (Å²) in [5.41, 5.74) is -7.87. The van der Waals surface area contributed by atoms with Crippen LogP contribution in [0, 0.1) is 0 Å². The van der Waals surface area contributed by atoms with Gasteiger partial charge in [0.05, 0.1) is 46.6 Å². The van der Waals surface area contributed by atoms with E-state index >= 15 is 0 Å². The molecule has 2 unspecified atom stereocenters. The minimum atomic E-state index is -1.47.